The minimum Gasteiger partial charge on any atom is -0.467 e. The van der Waals surface area contributed by atoms with E-state index in [2.05, 4.69) is 10.6 Å². The summed E-state index contributed by atoms with van der Waals surface area (Å²) in [5.74, 6) is 0.0281. The number of benzene rings is 1. The first kappa shape index (κ1) is 27.8. The second-order valence-corrected chi connectivity index (χ2v) is 13.2. The van der Waals surface area contributed by atoms with E-state index in [1.54, 1.807) is 26.5 Å². The fraction of sp³-hybridized carbons (Fsp3) is 0.640. The summed E-state index contributed by atoms with van der Waals surface area (Å²) in [5, 5.41) is 6.26. The maximum absolute atomic E-state index is 14.0. The van der Waals surface area contributed by atoms with Gasteiger partial charge in [-0.2, -0.15) is 0 Å². The number of ether oxygens (including phenoxy) is 1. The zero-order chi connectivity index (χ0) is 25.8. The molecule has 4 N–H and O–H groups in total. The lowest BCUT2D eigenvalue weighted by molar-refractivity contribution is -0.148. The quantitative estimate of drug-likeness (QED) is 0.385. The van der Waals surface area contributed by atoms with Gasteiger partial charge in [0.1, 0.15) is 18.1 Å². The Kier molecular flexibility index (Phi) is 9.53. The van der Waals surface area contributed by atoms with E-state index < -0.39 is 28.8 Å². The van der Waals surface area contributed by atoms with Gasteiger partial charge in [-0.1, -0.05) is 59.7 Å². The van der Waals surface area contributed by atoms with Gasteiger partial charge in [-0.15, -0.1) is 0 Å². The summed E-state index contributed by atoms with van der Waals surface area (Å²) in [7, 11) is 4.64. The maximum atomic E-state index is 14.0. The van der Waals surface area contributed by atoms with Crippen molar-refractivity contribution < 1.29 is 19.1 Å². The number of hydrogen-bond acceptors (Lipinski definition) is 8. The van der Waals surface area contributed by atoms with Gasteiger partial charge in [-0.05, 0) is 37.3 Å². The Morgan fingerprint density at radius 3 is 2.60 bits per heavy atom. The van der Waals surface area contributed by atoms with Crippen molar-refractivity contribution in [1.29, 1.82) is 0 Å². The molecule has 0 bridgehead atoms. The molecule has 2 heterocycles. The van der Waals surface area contributed by atoms with Crippen LogP contribution in [0.4, 0.5) is 0 Å². The van der Waals surface area contributed by atoms with Gasteiger partial charge in [0.15, 0.2) is 0 Å². The van der Waals surface area contributed by atoms with Crippen LogP contribution in [-0.4, -0.2) is 71.0 Å². The van der Waals surface area contributed by atoms with Crippen molar-refractivity contribution in [3.05, 3.63) is 35.4 Å². The van der Waals surface area contributed by atoms with E-state index in [9.17, 15) is 14.4 Å². The van der Waals surface area contributed by atoms with Crippen molar-refractivity contribution in [2.45, 2.75) is 76.0 Å². The van der Waals surface area contributed by atoms with E-state index in [1.165, 1.54) is 7.11 Å². The van der Waals surface area contributed by atoms with Crippen molar-refractivity contribution >= 4 is 39.4 Å². The lowest BCUT2D eigenvalue weighted by Gasteiger charge is -2.43. The van der Waals surface area contributed by atoms with E-state index in [1.807, 2.05) is 52.0 Å². The lowest BCUT2D eigenvalue weighted by Crippen LogP contribution is -2.63. The number of carbonyl (C=O) groups excluding carboxylic acids is 3. The molecule has 4 atom stereocenters. The molecule has 0 spiro atoms. The van der Waals surface area contributed by atoms with Crippen LogP contribution < -0.4 is 16.4 Å². The Bertz CT molecular complexity index is 926. The van der Waals surface area contributed by atoms with Crippen LogP contribution in [-0.2, 0) is 32.1 Å². The number of amides is 2. The number of rotatable bonds is 6. The van der Waals surface area contributed by atoms with E-state index in [0.717, 1.165) is 16.9 Å². The number of hydrogen-bond donors (Lipinski definition) is 3. The maximum Gasteiger partial charge on any atom is 0.328 e. The lowest BCUT2D eigenvalue weighted by atomic mass is 9.91. The predicted octanol–water partition coefficient (Wildman–Crippen LogP) is 2.10. The van der Waals surface area contributed by atoms with Crippen molar-refractivity contribution in [3.63, 3.8) is 0 Å². The first-order valence-corrected chi connectivity index (χ1v) is 14.4. The topological polar surface area (TPSA) is 114 Å². The zero-order valence-electron chi connectivity index (χ0n) is 21.2. The van der Waals surface area contributed by atoms with Gasteiger partial charge in [-0.25, -0.2) is 4.79 Å². The third kappa shape index (κ3) is 6.93. The molecule has 0 saturated carbocycles. The minimum absolute atomic E-state index is 0.0584. The highest BCUT2D eigenvalue weighted by molar-refractivity contribution is 8.77. The van der Waals surface area contributed by atoms with Gasteiger partial charge in [0, 0.05) is 36.1 Å². The summed E-state index contributed by atoms with van der Waals surface area (Å²) in [6.45, 7) is 8.90. The number of carbonyl (C=O) groups is 3. The van der Waals surface area contributed by atoms with Gasteiger partial charge < -0.3 is 26.0 Å². The summed E-state index contributed by atoms with van der Waals surface area (Å²) >= 11 is 0. The van der Waals surface area contributed by atoms with Crippen molar-refractivity contribution in [1.82, 2.24) is 15.5 Å². The van der Waals surface area contributed by atoms with Gasteiger partial charge >= 0.3 is 5.97 Å². The Labute approximate surface area is 216 Å². The molecule has 35 heavy (non-hydrogen) atoms. The van der Waals surface area contributed by atoms with Gasteiger partial charge in [-0.3, -0.25) is 9.59 Å². The number of esters is 1. The summed E-state index contributed by atoms with van der Waals surface area (Å²) in [4.78, 5) is 41.7. The number of fused-ring (bicyclic) bond motifs is 1. The first-order chi connectivity index (χ1) is 16.5. The molecular formula is C25H38N4O4S2. The van der Waals surface area contributed by atoms with Crippen LogP contribution in [0.25, 0.3) is 0 Å². The third-order valence-corrected chi connectivity index (χ3v) is 9.82. The van der Waals surface area contributed by atoms with E-state index in [0.29, 0.717) is 25.9 Å². The number of nitrogens with one attached hydrogen (secondary N) is 2. The van der Waals surface area contributed by atoms with Gasteiger partial charge in [0.2, 0.25) is 11.8 Å². The second-order valence-electron chi connectivity index (χ2n) is 10.2. The fourth-order valence-corrected chi connectivity index (χ4v) is 7.40. The van der Waals surface area contributed by atoms with E-state index in [4.69, 9.17) is 10.5 Å². The Morgan fingerprint density at radius 2 is 1.94 bits per heavy atom. The average molecular weight is 523 g/mol. The van der Waals surface area contributed by atoms with Crippen LogP contribution in [0.3, 0.4) is 0 Å². The highest BCUT2D eigenvalue weighted by atomic mass is 33.1. The SMILES string of the molecule is COC(=O)C(CC(C)C)NC(=O)C1Cc2ccccc2CN1C(=O)C1NCC(N)CSSC1(C)C. The molecule has 194 valence electrons. The molecule has 2 amide bonds. The molecule has 3 rings (SSSR count). The molecule has 10 heteroatoms. The summed E-state index contributed by atoms with van der Waals surface area (Å²) in [6.07, 6.45) is 0.844. The highest BCUT2D eigenvalue weighted by Crippen LogP contribution is 2.40. The second kappa shape index (κ2) is 12.0. The monoisotopic (exact) mass is 522 g/mol. The van der Waals surface area contributed by atoms with Crippen LogP contribution in [0, 0.1) is 5.92 Å². The van der Waals surface area contributed by atoms with E-state index in [-0.39, 0.29) is 23.8 Å². The van der Waals surface area contributed by atoms with E-state index >= 15 is 0 Å². The highest BCUT2D eigenvalue weighted by Gasteiger charge is 2.44. The molecule has 0 aromatic heterocycles. The summed E-state index contributed by atoms with van der Waals surface area (Å²) < 4.78 is 4.52. The molecular weight excluding hydrogens is 484 g/mol. The fourth-order valence-electron chi connectivity index (χ4n) is 4.53. The van der Waals surface area contributed by atoms with Gasteiger partial charge in [0.05, 0.1) is 7.11 Å². The first-order valence-electron chi connectivity index (χ1n) is 12.1. The molecule has 0 radical (unpaired) electrons. The Morgan fingerprint density at radius 1 is 1.26 bits per heavy atom. The average Bonchev–Trinajstić information content (AvgIpc) is 2.80. The van der Waals surface area contributed by atoms with Crippen molar-refractivity contribution in [2.24, 2.45) is 11.7 Å². The van der Waals surface area contributed by atoms with Crippen molar-refractivity contribution in [2.75, 3.05) is 19.4 Å². The van der Waals surface area contributed by atoms with Crippen molar-refractivity contribution in [3.8, 4) is 0 Å². The minimum atomic E-state index is -0.762. The largest absolute Gasteiger partial charge is 0.467 e. The Hall–Kier alpha value is -1.75. The summed E-state index contributed by atoms with van der Waals surface area (Å²) in [6, 6.07) is 5.81. The molecule has 0 aliphatic carbocycles. The number of nitrogens with two attached hydrogens (primary N) is 1. The molecule has 2 aliphatic heterocycles. The van der Waals surface area contributed by atoms with Gasteiger partial charge in [0.25, 0.3) is 0 Å². The van der Waals surface area contributed by atoms with Crippen LogP contribution in [0.1, 0.15) is 45.2 Å². The molecule has 1 fully saturated rings. The smallest absolute Gasteiger partial charge is 0.328 e. The number of methoxy groups -OCH3 is 1. The molecule has 8 nitrogen and oxygen atoms in total. The molecule has 1 aromatic rings. The Balaban J connectivity index is 1.91. The van der Waals surface area contributed by atoms with Crippen LogP contribution in [0.2, 0.25) is 0 Å². The molecule has 2 aliphatic rings. The molecule has 4 unspecified atom stereocenters. The van der Waals surface area contributed by atoms with Crippen LogP contribution >= 0.6 is 21.6 Å². The number of nitrogens with zero attached hydrogens (tertiary/aromatic N) is 1. The zero-order valence-corrected chi connectivity index (χ0v) is 22.8. The standard InChI is InChI=1S/C25H38N4O4S2/c1-15(2)10-19(24(32)33-5)28-22(30)20-11-16-8-6-7-9-17(16)13-29(20)23(31)21-25(3,4)35-34-14-18(26)12-27-21/h6-9,15,18-21,27H,10-14,26H2,1-5H3,(H,28,30). The predicted molar refractivity (Wildman–Crippen MR) is 142 cm³/mol. The third-order valence-electron chi connectivity index (χ3n) is 6.43. The van der Waals surface area contributed by atoms with Crippen LogP contribution in [0.15, 0.2) is 24.3 Å². The molecule has 1 saturated heterocycles. The summed E-state index contributed by atoms with van der Waals surface area (Å²) in [5.41, 5.74) is 8.24. The molecule has 1 aromatic carbocycles. The van der Waals surface area contributed by atoms with Crippen LogP contribution in [0.5, 0.6) is 0 Å². The normalized spacial score (nSPS) is 25.1.